The highest BCUT2D eigenvalue weighted by Gasteiger charge is 2.15. The number of hydrogen-bond acceptors (Lipinski definition) is 6. The highest BCUT2D eigenvalue weighted by molar-refractivity contribution is 7.92. The predicted molar refractivity (Wildman–Crippen MR) is 120 cm³/mol. The SMILES string of the molecule is COc1ccc(CCNC(=S)Nc2ccc(S(=O)(=O)Nc3ncccn3)cc2)cc1. The van der Waals surface area contributed by atoms with E-state index in [2.05, 4.69) is 25.3 Å². The molecule has 0 radical (unpaired) electrons. The van der Waals surface area contributed by atoms with Gasteiger partial charge in [0.2, 0.25) is 5.95 Å². The number of sulfonamides is 1. The van der Waals surface area contributed by atoms with Gasteiger partial charge in [-0.2, -0.15) is 0 Å². The first kappa shape index (κ1) is 21.5. The maximum Gasteiger partial charge on any atom is 0.264 e. The van der Waals surface area contributed by atoms with Gasteiger partial charge in [0.15, 0.2) is 5.11 Å². The quantitative estimate of drug-likeness (QED) is 0.457. The Kier molecular flexibility index (Phi) is 7.15. The molecule has 0 saturated carbocycles. The van der Waals surface area contributed by atoms with E-state index in [0.29, 0.717) is 17.3 Å². The lowest BCUT2D eigenvalue weighted by molar-refractivity contribution is 0.414. The van der Waals surface area contributed by atoms with Gasteiger partial charge in [0.25, 0.3) is 10.0 Å². The second-order valence-electron chi connectivity index (χ2n) is 6.18. The Balaban J connectivity index is 1.50. The van der Waals surface area contributed by atoms with Crippen molar-refractivity contribution in [3.05, 3.63) is 72.6 Å². The number of benzene rings is 2. The number of thiocarbonyl (C=S) groups is 1. The highest BCUT2D eigenvalue weighted by atomic mass is 32.2. The van der Waals surface area contributed by atoms with Crippen molar-refractivity contribution in [2.75, 3.05) is 23.7 Å². The summed E-state index contributed by atoms with van der Waals surface area (Å²) in [7, 11) is -2.13. The molecular weight excluding hydrogens is 422 g/mol. The summed E-state index contributed by atoms with van der Waals surface area (Å²) in [5, 5.41) is 6.62. The number of hydrogen-bond donors (Lipinski definition) is 3. The molecule has 8 nitrogen and oxygen atoms in total. The van der Waals surface area contributed by atoms with E-state index >= 15 is 0 Å². The summed E-state index contributed by atoms with van der Waals surface area (Å²) >= 11 is 5.29. The minimum absolute atomic E-state index is 0.0157. The van der Waals surface area contributed by atoms with E-state index in [-0.39, 0.29) is 10.8 Å². The molecule has 0 fully saturated rings. The summed E-state index contributed by atoms with van der Waals surface area (Å²) < 4.78 is 32.3. The third kappa shape index (κ3) is 6.13. The molecule has 0 spiro atoms. The summed E-state index contributed by atoms with van der Waals surface area (Å²) in [6, 6.07) is 15.7. The molecule has 0 amide bonds. The Morgan fingerprint density at radius 2 is 1.70 bits per heavy atom. The number of rotatable bonds is 8. The lowest BCUT2D eigenvalue weighted by Crippen LogP contribution is -2.30. The van der Waals surface area contributed by atoms with Crippen molar-refractivity contribution in [3.63, 3.8) is 0 Å². The molecule has 0 unspecified atom stereocenters. The van der Waals surface area contributed by atoms with E-state index in [4.69, 9.17) is 17.0 Å². The van der Waals surface area contributed by atoms with Gasteiger partial charge in [-0.15, -0.1) is 0 Å². The van der Waals surface area contributed by atoms with E-state index in [1.807, 2.05) is 24.3 Å². The van der Waals surface area contributed by atoms with Gasteiger partial charge in [-0.3, -0.25) is 0 Å². The number of nitrogens with zero attached hydrogens (tertiary/aromatic N) is 2. The van der Waals surface area contributed by atoms with E-state index in [1.165, 1.54) is 24.5 Å². The third-order valence-corrected chi connectivity index (χ3v) is 5.66. The van der Waals surface area contributed by atoms with E-state index in [0.717, 1.165) is 17.7 Å². The van der Waals surface area contributed by atoms with Gasteiger partial charge in [0, 0.05) is 24.6 Å². The van der Waals surface area contributed by atoms with Crippen molar-refractivity contribution in [1.29, 1.82) is 0 Å². The zero-order valence-electron chi connectivity index (χ0n) is 16.2. The molecular formula is C20H21N5O3S2. The largest absolute Gasteiger partial charge is 0.497 e. The van der Waals surface area contributed by atoms with Crippen LogP contribution in [0.3, 0.4) is 0 Å². The Hall–Kier alpha value is -3.24. The molecule has 1 heterocycles. The van der Waals surface area contributed by atoms with Gasteiger partial charge in [0.05, 0.1) is 12.0 Å². The number of ether oxygens (including phenoxy) is 1. The van der Waals surface area contributed by atoms with Gasteiger partial charge in [-0.1, -0.05) is 12.1 Å². The fraction of sp³-hybridized carbons (Fsp3) is 0.150. The lowest BCUT2D eigenvalue weighted by Gasteiger charge is -2.12. The molecule has 2 aromatic carbocycles. The summed E-state index contributed by atoms with van der Waals surface area (Å²) in [6.07, 6.45) is 3.72. The van der Waals surface area contributed by atoms with E-state index in [1.54, 1.807) is 25.3 Å². The monoisotopic (exact) mass is 443 g/mol. The molecule has 156 valence electrons. The van der Waals surface area contributed by atoms with Crippen LogP contribution in [0.15, 0.2) is 71.9 Å². The van der Waals surface area contributed by atoms with Crippen molar-refractivity contribution in [2.24, 2.45) is 0 Å². The van der Waals surface area contributed by atoms with E-state index in [9.17, 15) is 8.42 Å². The van der Waals surface area contributed by atoms with Gasteiger partial charge in [-0.05, 0) is 66.7 Å². The van der Waals surface area contributed by atoms with Gasteiger partial charge >= 0.3 is 0 Å². The molecule has 0 bridgehead atoms. The second-order valence-corrected chi connectivity index (χ2v) is 8.27. The molecule has 3 N–H and O–H groups in total. The standard InChI is InChI=1S/C20H21N5O3S2/c1-28-17-7-3-15(4-8-17)11-14-23-20(29)24-16-5-9-18(10-6-16)30(26,27)25-19-21-12-2-13-22-19/h2-10,12-13H,11,14H2,1H3,(H,21,22,25)(H2,23,24,29). The Morgan fingerprint density at radius 1 is 1.03 bits per heavy atom. The van der Waals surface area contributed by atoms with Crippen LogP contribution in [-0.4, -0.2) is 37.2 Å². The molecule has 3 aromatic rings. The number of anilines is 2. The number of methoxy groups -OCH3 is 1. The molecule has 0 aliphatic heterocycles. The summed E-state index contributed by atoms with van der Waals surface area (Å²) in [5.74, 6) is 0.836. The van der Waals surface area contributed by atoms with Crippen LogP contribution in [0.2, 0.25) is 0 Å². The zero-order valence-corrected chi connectivity index (χ0v) is 17.8. The molecule has 0 aliphatic carbocycles. The average Bonchev–Trinajstić information content (AvgIpc) is 2.75. The summed E-state index contributed by atoms with van der Waals surface area (Å²) in [5.41, 5.74) is 1.84. The molecule has 10 heteroatoms. The molecule has 30 heavy (non-hydrogen) atoms. The lowest BCUT2D eigenvalue weighted by atomic mass is 10.1. The predicted octanol–water partition coefficient (Wildman–Crippen LogP) is 2.82. The first-order valence-corrected chi connectivity index (χ1v) is 10.9. The normalized spacial score (nSPS) is 10.8. The van der Waals surface area contributed by atoms with Gasteiger partial charge in [-0.25, -0.2) is 23.1 Å². The van der Waals surface area contributed by atoms with Crippen molar-refractivity contribution >= 4 is 39.0 Å². The Labute approximate surface area is 180 Å². The fourth-order valence-corrected chi connectivity index (χ4v) is 3.71. The van der Waals surface area contributed by atoms with Crippen molar-refractivity contribution < 1.29 is 13.2 Å². The average molecular weight is 444 g/mol. The van der Waals surface area contributed by atoms with Crippen LogP contribution in [0.5, 0.6) is 5.75 Å². The first-order chi connectivity index (χ1) is 14.5. The van der Waals surface area contributed by atoms with Crippen molar-refractivity contribution in [3.8, 4) is 5.75 Å². The highest BCUT2D eigenvalue weighted by Crippen LogP contribution is 2.16. The zero-order chi connectivity index (χ0) is 21.4. The van der Waals surface area contributed by atoms with Crippen molar-refractivity contribution in [1.82, 2.24) is 15.3 Å². The minimum atomic E-state index is -3.77. The second kappa shape index (κ2) is 9.99. The smallest absolute Gasteiger partial charge is 0.264 e. The molecule has 3 rings (SSSR count). The van der Waals surface area contributed by atoms with Crippen LogP contribution >= 0.6 is 12.2 Å². The fourth-order valence-electron chi connectivity index (χ4n) is 2.54. The Morgan fingerprint density at radius 3 is 2.33 bits per heavy atom. The van der Waals surface area contributed by atoms with Crippen LogP contribution < -0.4 is 20.1 Å². The first-order valence-electron chi connectivity index (χ1n) is 9.04. The van der Waals surface area contributed by atoms with Gasteiger partial charge < -0.3 is 15.4 Å². The minimum Gasteiger partial charge on any atom is -0.497 e. The van der Waals surface area contributed by atoms with E-state index < -0.39 is 10.0 Å². The molecule has 0 saturated heterocycles. The van der Waals surface area contributed by atoms with Crippen LogP contribution in [0.25, 0.3) is 0 Å². The molecule has 0 aliphatic rings. The maximum absolute atomic E-state index is 12.4. The van der Waals surface area contributed by atoms with Gasteiger partial charge in [0.1, 0.15) is 5.75 Å². The van der Waals surface area contributed by atoms with Crippen LogP contribution in [-0.2, 0) is 16.4 Å². The molecule has 0 atom stereocenters. The topological polar surface area (TPSA) is 105 Å². The number of nitrogens with one attached hydrogen (secondary N) is 3. The summed E-state index contributed by atoms with van der Waals surface area (Å²) in [6.45, 7) is 0.658. The van der Waals surface area contributed by atoms with Crippen LogP contribution in [0.4, 0.5) is 11.6 Å². The number of aromatic nitrogens is 2. The maximum atomic E-state index is 12.4. The Bertz CT molecular complexity index is 1070. The molecule has 1 aromatic heterocycles. The summed E-state index contributed by atoms with van der Waals surface area (Å²) in [4.78, 5) is 7.82. The third-order valence-electron chi connectivity index (χ3n) is 4.07. The van der Waals surface area contributed by atoms with Crippen molar-refractivity contribution in [2.45, 2.75) is 11.3 Å². The van der Waals surface area contributed by atoms with Crippen LogP contribution in [0, 0.1) is 0 Å². The van der Waals surface area contributed by atoms with Crippen LogP contribution in [0.1, 0.15) is 5.56 Å².